The molecule has 0 bridgehead atoms. The van der Waals surface area contributed by atoms with Gasteiger partial charge in [0.25, 0.3) is 0 Å². The van der Waals surface area contributed by atoms with Gasteiger partial charge < -0.3 is 4.90 Å². The highest BCUT2D eigenvalue weighted by Crippen LogP contribution is 2.32. The van der Waals surface area contributed by atoms with E-state index in [9.17, 15) is 22.8 Å². The third-order valence-corrected chi connectivity index (χ3v) is 3.90. The van der Waals surface area contributed by atoms with Gasteiger partial charge in [-0.15, -0.1) is 22.0 Å². The van der Waals surface area contributed by atoms with Crippen LogP contribution in [0.4, 0.5) is 18.3 Å². The van der Waals surface area contributed by atoms with Crippen LogP contribution in [0.5, 0.6) is 0 Å². The first-order chi connectivity index (χ1) is 8.86. The van der Waals surface area contributed by atoms with Crippen molar-refractivity contribution in [3.63, 3.8) is 0 Å². The first kappa shape index (κ1) is 14.1. The molecule has 0 spiro atoms. The lowest BCUT2D eigenvalue weighted by Crippen LogP contribution is -2.34. The summed E-state index contributed by atoms with van der Waals surface area (Å²) in [6, 6.07) is 0. The number of rotatable bonds is 3. The third-order valence-electron chi connectivity index (χ3n) is 2.07. The molecule has 0 radical (unpaired) electrons. The van der Waals surface area contributed by atoms with Gasteiger partial charge in [-0.3, -0.25) is 14.9 Å². The predicted octanol–water partition coefficient (Wildman–Crippen LogP) is 1.03. The molecule has 1 N–H and O–H groups in total. The maximum absolute atomic E-state index is 12.3. The lowest BCUT2D eigenvalue weighted by atomic mass is 10.5. The number of carbonyl (C=O) groups is 2. The van der Waals surface area contributed by atoms with Crippen molar-refractivity contribution in [3.05, 3.63) is 5.01 Å². The number of anilines is 1. The van der Waals surface area contributed by atoms with Crippen molar-refractivity contribution in [2.45, 2.75) is 6.18 Å². The molecule has 2 rings (SSSR count). The molecule has 0 aliphatic carbocycles. The summed E-state index contributed by atoms with van der Waals surface area (Å²) >= 11 is 1.61. The Morgan fingerprint density at radius 1 is 1.42 bits per heavy atom. The number of halogens is 3. The highest BCUT2D eigenvalue weighted by Gasteiger charge is 2.36. The second-order valence-electron chi connectivity index (χ2n) is 3.53. The highest BCUT2D eigenvalue weighted by molar-refractivity contribution is 8.00. The molecule has 11 heteroatoms. The molecule has 104 valence electrons. The van der Waals surface area contributed by atoms with Gasteiger partial charge in [0.1, 0.15) is 6.54 Å². The monoisotopic (exact) mass is 312 g/mol. The Morgan fingerprint density at radius 2 is 2.16 bits per heavy atom. The Hall–Kier alpha value is -1.36. The zero-order chi connectivity index (χ0) is 14.0. The van der Waals surface area contributed by atoms with Crippen LogP contribution in [0.1, 0.15) is 5.01 Å². The maximum atomic E-state index is 12.3. The summed E-state index contributed by atoms with van der Waals surface area (Å²) < 4.78 is 36.8. The molecule has 6 nitrogen and oxygen atoms in total. The molecule has 0 aromatic carbocycles. The van der Waals surface area contributed by atoms with Crippen molar-refractivity contribution in [2.24, 2.45) is 0 Å². The summed E-state index contributed by atoms with van der Waals surface area (Å²) in [5.41, 5.74) is 0. The number of nitrogens with one attached hydrogen (secondary N) is 1. The first-order valence-electron chi connectivity index (χ1n) is 4.92. The van der Waals surface area contributed by atoms with Crippen LogP contribution in [0.15, 0.2) is 0 Å². The molecule has 0 atom stereocenters. The normalized spacial score (nSPS) is 15.9. The zero-order valence-corrected chi connectivity index (χ0v) is 10.9. The second kappa shape index (κ2) is 5.33. The molecule has 2 amide bonds. The van der Waals surface area contributed by atoms with Crippen LogP contribution in [0.25, 0.3) is 0 Å². The average Bonchev–Trinajstić information content (AvgIpc) is 2.88. The van der Waals surface area contributed by atoms with E-state index in [1.54, 1.807) is 0 Å². The van der Waals surface area contributed by atoms with E-state index in [-0.39, 0.29) is 28.9 Å². The van der Waals surface area contributed by atoms with E-state index in [1.807, 2.05) is 0 Å². The zero-order valence-electron chi connectivity index (χ0n) is 9.23. The summed E-state index contributed by atoms with van der Waals surface area (Å²) in [7, 11) is 0. The SMILES string of the molecule is O=C(CN1CSCC1=O)Nc1nnc(C(F)(F)F)s1. The van der Waals surface area contributed by atoms with Crippen molar-refractivity contribution >= 4 is 40.0 Å². The minimum Gasteiger partial charge on any atom is -0.323 e. The fourth-order valence-corrected chi connectivity index (χ4v) is 2.79. The summed E-state index contributed by atoms with van der Waals surface area (Å²) in [5, 5.41) is 6.97. The lowest BCUT2D eigenvalue weighted by molar-refractivity contribution is -0.138. The smallest absolute Gasteiger partial charge is 0.323 e. The van der Waals surface area contributed by atoms with E-state index >= 15 is 0 Å². The maximum Gasteiger partial charge on any atom is 0.445 e. The van der Waals surface area contributed by atoms with Gasteiger partial charge in [0.15, 0.2) is 0 Å². The van der Waals surface area contributed by atoms with E-state index in [2.05, 4.69) is 15.5 Å². The molecular formula is C8H7F3N4O2S2. The second-order valence-corrected chi connectivity index (χ2v) is 5.46. The average molecular weight is 312 g/mol. The number of carbonyl (C=O) groups excluding carboxylic acids is 2. The first-order valence-corrected chi connectivity index (χ1v) is 6.89. The Kier molecular flexibility index (Phi) is 3.94. The van der Waals surface area contributed by atoms with Gasteiger partial charge in [0.05, 0.1) is 11.6 Å². The molecule has 19 heavy (non-hydrogen) atoms. The molecule has 0 saturated carbocycles. The van der Waals surface area contributed by atoms with Gasteiger partial charge in [0.2, 0.25) is 22.0 Å². The minimum atomic E-state index is -4.58. The standard InChI is InChI=1S/C8H7F3N4O2S2/c9-8(10,11)6-13-14-7(19-6)12-4(16)1-15-3-18-2-5(15)17/h1-3H2,(H,12,14,16). The van der Waals surface area contributed by atoms with Crippen molar-refractivity contribution in [3.8, 4) is 0 Å². The van der Waals surface area contributed by atoms with Gasteiger partial charge >= 0.3 is 6.18 Å². The number of aromatic nitrogens is 2. The Labute approximate surface area is 113 Å². The Morgan fingerprint density at radius 3 is 2.68 bits per heavy atom. The number of hydrogen-bond acceptors (Lipinski definition) is 6. The Balaban J connectivity index is 1.92. The molecule has 1 fully saturated rings. The van der Waals surface area contributed by atoms with E-state index in [4.69, 9.17) is 0 Å². The van der Waals surface area contributed by atoms with E-state index in [1.165, 1.54) is 16.7 Å². The fourth-order valence-electron chi connectivity index (χ4n) is 1.26. The van der Waals surface area contributed by atoms with Crippen LogP contribution in [0.2, 0.25) is 0 Å². The van der Waals surface area contributed by atoms with Crippen molar-refractivity contribution in [1.29, 1.82) is 0 Å². The summed E-state index contributed by atoms with van der Waals surface area (Å²) in [4.78, 5) is 24.1. The molecule has 1 aromatic rings. The van der Waals surface area contributed by atoms with E-state index in [0.29, 0.717) is 11.6 Å². The van der Waals surface area contributed by atoms with E-state index < -0.39 is 17.1 Å². The van der Waals surface area contributed by atoms with Crippen LogP contribution in [0.3, 0.4) is 0 Å². The lowest BCUT2D eigenvalue weighted by Gasteiger charge is -2.12. The summed E-state index contributed by atoms with van der Waals surface area (Å²) in [5.74, 6) is -0.0605. The van der Waals surface area contributed by atoms with Gasteiger partial charge in [-0.25, -0.2) is 0 Å². The minimum absolute atomic E-state index is 0.173. The Bertz CT molecular complexity index is 504. The molecular weight excluding hydrogens is 305 g/mol. The van der Waals surface area contributed by atoms with E-state index in [0.717, 1.165) is 0 Å². The van der Waals surface area contributed by atoms with Crippen LogP contribution in [0, 0.1) is 0 Å². The highest BCUT2D eigenvalue weighted by atomic mass is 32.2. The van der Waals surface area contributed by atoms with Crippen molar-refractivity contribution in [2.75, 3.05) is 23.5 Å². The van der Waals surface area contributed by atoms with Gasteiger partial charge in [-0.05, 0) is 0 Å². The van der Waals surface area contributed by atoms with Crippen LogP contribution in [-0.4, -0.2) is 45.1 Å². The van der Waals surface area contributed by atoms with Crippen molar-refractivity contribution in [1.82, 2.24) is 15.1 Å². The summed E-state index contributed by atoms with van der Waals surface area (Å²) in [6.45, 7) is -0.202. The quantitative estimate of drug-likeness (QED) is 0.902. The third kappa shape index (κ3) is 3.56. The predicted molar refractivity (Wildman–Crippen MR) is 62.6 cm³/mol. The molecule has 1 aliphatic rings. The molecule has 1 aromatic heterocycles. The number of amides is 2. The van der Waals surface area contributed by atoms with Crippen LogP contribution in [-0.2, 0) is 15.8 Å². The number of alkyl halides is 3. The van der Waals surface area contributed by atoms with Crippen LogP contribution < -0.4 is 5.32 Å². The number of hydrogen-bond donors (Lipinski definition) is 1. The van der Waals surface area contributed by atoms with Crippen molar-refractivity contribution < 1.29 is 22.8 Å². The largest absolute Gasteiger partial charge is 0.445 e. The van der Waals surface area contributed by atoms with Gasteiger partial charge in [-0.2, -0.15) is 13.2 Å². The molecule has 1 aliphatic heterocycles. The number of nitrogens with zero attached hydrogens (tertiary/aromatic N) is 3. The summed E-state index contributed by atoms with van der Waals surface area (Å²) in [6.07, 6.45) is -4.58. The molecule has 1 saturated heterocycles. The molecule has 0 unspecified atom stereocenters. The molecule has 2 heterocycles. The van der Waals surface area contributed by atoms with Gasteiger partial charge in [-0.1, -0.05) is 11.3 Å². The van der Waals surface area contributed by atoms with Gasteiger partial charge in [0, 0.05) is 0 Å². The van der Waals surface area contributed by atoms with Crippen LogP contribution >= 0.6 is 23.1 Å². The topological polar surface area (TPSA) is 75.2 Å². The fraction of sp³-hybridized carbons (Fsp3) is 0.500. The number of thioether (sulfide) groups is 1.